The van der Waals surface area contributed by atoms with Gasteiger partial charge in [-0.2, -0.15) is 0 Å². The zero-order valence-corrected chi connectivity index (χ0v) is 14.7. The van der Waals surface area contributed by atoms with Crippen molar-refractivity contribution in [2.75, 3.05) is 11.1 Å². The summed E-state index contributed by atoms with van der Waals surface area (Å²) in [6.07, 6.45) is 1.40. The SMILES string of the molecule is CC(=O)c1cccc(NC(=O)CSc2nncn2-c2ccccc2F)c1. The normalized spacial score (nSPS) is 10.5. The highest BCUT2D eigenvalue weighted by molar-refractivity contribution is 7.99. The minimum Gasteiger partial charge on any atom is -0.325 e. The summed E-state index contributed by atoms with van der Waals surface area (Å²) in [4.78, 5) is 23.6. The van der Waals surface area contributed by atoms with Crippen LogP contribution >= 0.6 is 11.8 Å². The summed E-state index contributed by atoms with van der Waals surface area (Å²) >= 11 is 1.14. The Morgan fingerprint density at radius 3 is 2.77 bits per heavy atom. The van der Waals surface area contributed by atoms with Crippen molar-refractivity contribution in [3.63, 3.8) is 0 Å². The van der Waals surface area contributed by atoms with E-state index >= 15 is 0 Å². The topological polar surface area (TPSA) is 76.9 Å². The molecule has 1 aromatic heterocycles. The average Bonchev–Trinajstić information content (AvgIpc) is 3.09. The van der Waals surface area contributed by atoms with E-state index in [4.69, 9.17) is 0 Å². The molecule has 1 heterocycles. The number of nitrogens with one attached hydrogen (secondary N) is 1. The monoisotopic (exact) mass is 370 g/mol. The number of thioether (sulfide) groups is 1. The van der Waals surface area contributed by atoms with Crippen molar-refractivity contribution in [1.29, 1.82) is 0 Å². The molecule has 26 heavy (non-hydrogen) atoms. The Labute approximate surface area is 153 Å². The number of Topliss-reactive ketones (excluding diaryl/α,β-unsaturated/α-hetero) is 1. The van der Waals surface area contributed by atoms with Crippen LogP contribution in [0, 0.1) is 5.82 Å². The summed E-state index contributed by atoms with van der Waals surface area (Å²) in [5.74, 6) is -0.677. The zero-order chi connectivity index (χ0) is 18.5. The number of hydrogen-bond donors (Lipinski definition) is 1. The van der Waals surface area contributed by atoms with Gasteiger partial charge < -0.3 is 5.32 Å². The quantitative estimate of drug-likeness (QED) is 0.532. The van der Waals surface area contributed by atoms with Crippen LogP contribution in [0.15, 0.2) is 60.0 Å². The highest BCUT2D eigenvalue weighted by Crippen LogP contribution is 2.21. The van der Waals surface area contributed by atoms with E-state index in [-0.39, 0.29) is 17.4 Å². The van der Waals surface area contributed by atoms with Gasteiger partial charge in [-0.3, -0.25) is 14.2 Å². The van der Waals surface area contributed by atoms with Crippen molar-refractivity contribution in [1.82, 2.24) is 14.8 Å². The Balaban J connectivity index is 1.66. The fourth-order valence-corrected chi connectivity index (χ4v) is 3.00. The van der Waals surface area contributed by atoms with E-state index in [2.05, 4.69) is 15.5 Å². The van der Waals surface area contributed by atoms with Crippen molar-refractivity contribution in [2.24, 2.45) is 0 Å². The third kappa shape index (κ3) is 4.15. The second kappa shape index (κ2) is 7.92. The Kier molecular flexibility index (Phi) is 5.43. The fraction of sp³-hybridized carbons (Fsp3) is 0.111. The van der Waals surface area contributed by atoms with E-state index in [9.17, 15) is 14.0 Å². The van der Waals surface area contributed by atoms with E-state index in [1.54, 1.807) is 42.5 Å². The zero-order valence-electron chi connectivity index (χ0n) is 13.8. The van der Waals surface area contributed by atoms with Crippen LogP contribution in [-0.4, -0.2) is 32.2 Å². The van der Waals surface area contributed by atoms with Crippen molar-refractivity contribution in [2.45, 2.75) is 12.1 Å². The molecule has 3 aromatic rings. The molecular formula is C18H15FN4O2S. The van der Waals surface area contributed by atoms with Crippen molar-refractivity contribution in [3.8, 4) is 5.69 Å². The second-order valence-electron chi connectivity index (χ2n) is 5.41. The molecule has 132 valence electrons. The molecule has 0 fully saturated rings. The largest absolute Gasteiger partial charge is 0.325 e. The first-order valence-electron chi connectivity index (χ1n) is 7.73. The third-order valence-corrected chi connectivity index (χ3v) is 4.46. The molecule has 8 heteroatoms. The van der Waals surface area contributed by atoms with Gasteiger partial charge in [0, 0.05) is 11.3 Å². The summed E-state index contributed by atoms with van der Waals surface area (Å²) in [7, 11) is 0. The Bertz CT molecular complexity index is 958. The number of ketones is 1. The van der Waals surface area contributed by atoms with Gasteiger partial charge in [-0.25, -0.2) is 4.39 Å². The highest BCUT2D eigenvalue weighted by atomic mass is 32.2. The lowest BCUT2D eigenvalue weighted by molar-refractivity contribution is -0.113. The molecule has 0 aliphatic heterocycles. The van der Waals surface area contributed by atoms with E-state index in [0.717, 1.165) is 11.8 Å². The van der Waals surface area contributed by atoms with Crippen LogP contribution in [0.25, 0.3) is 5.69 Å². The van der Waals surface area contributed by atoms with Gasteiger partial charge in [0.1, 0.15) is 12.1 Å². The molecule has 0 bridgehead atoms. The number of anilines is 1. The van der Waals surface area contributed by atoms with Crippen molar-refractivity contribution in [3.05, 3.63) is 66.2 Å². The lowest BCUT2D eigenvalue weighted by atomic mass is 10.1. The second-order valence-corrected chi connectivity index (χ2v) is 6.35. The number of amides is 1. The van der Waals surface area contributed by atoms with Gasteiger partial charge >= 0.3 is 0 Å². The van der Waals surface area contributed by atoms with Gasteiger partial charge in [0.25, 0.3) is 0 Å². The Morgan fingerprint density at radius 1 is 1.19 bits per heavy atom. The van der Waals surface area contributed by atoms with E-state index in [1.165, 1.54) is 23.9 Å². The third-order valence-electron chi connectivity index (χ3n) is 3.51. The molecular weight excluding hydrogens is 355 g/mol. The van der Waals surface area contributed by atoms with E-state index in [1.807, 2.05) is 0 Å². The van der Waals surface area contributed by atoms with Crippen molar-refractivity contribution >= 4 is 29.1 Å². The maximum atomic E-state index is 13.9. The van der Waals surface area contributed by atoms with Crippen LogP contribution in [0.5, 0.6) is 0 Å². The lowest BCUT2D eigenvalue weighted by Crippen LogP contribution is -2.15. The fourth-order valence-electron chi connectivity index (χ4n) is 2.28. The Hall–Kier alpha value is -3.00. The van der Waals surface area contributed by atoms with Gasteiger partial charge in [0.05, 0.1) is 11.4 Å². The minimum atomic E-state index is -0.403. The first-order chi connectivity index (χ1) is 12.5. The molecule has 6 nitrogen and oxygen atoms in total. The molecule has 0 saturated heterocycles. The van der Waals surface area contributed by atoms with Crippen LogP contribution in [-0.2, 0) is 4.79 Å². The van der Waals surface area contributed by atoms with Gasteiger partial charge in [-0.15, -0.1) is 10.2 Å². The maximum Gasteiger partial charge on any atom is 0.234 e. The summed E-state index contributed by atoms with van der Waals surface area (Å²) < 4.78 is 15.4. The number of carbonyl (C=O) groups is 2. The number of aromatic nitrogens is 3. The number of halogens is 1. The summed E-state index contributed by atoms with van der Waals surface area (Å²) in [5, 5.41) is 10.9. The number of carbonyl (C=O) groups excluding carboxylic acids is 2. The molecule has 2 aromatic carbocycles. The summed E-state index contributed by atoms with van der Waals surface area (Å²) in [6, 6.07) is 13.0. The van der Waals surface area contributed by atoms with E-state index in [0.29, 0.717) is 22.1 Å². The summed E-state index contributed by atoms with van der Waals surface area (Å²) in [5.41, 5.74) is 1.38. The summed E-state index contributed by atoms with van der Waals surface area (Å²) in [6.45, 7) is 1.46. The molecule has 3 rings (SSSR count). The van der Waals surface area contributed by atoms with Crippen LogP contribution in [0.2, 0.25) is 0 Å². The average molecular weight is 370 g/mol. The highest BCUT2D eigenvalue weighted by Gasteiger charge is 2.13. The van der Waals surface area contributed by atoms with Crippen LogP contribution in [0.3, 0.4) is 0 Å². The van der Waals surface area contributed by atoms with Crippen LogP contribution < -0.4 is 5.32 Å². The smallest absolute Gasteiger partial charge is 0.234 e. The number of nitrogens with zero attached hydrogens (tertiary/aromatic N) is 3. The minimum absolute atomic E-state index is 0.0669. The van der Waals surface area contributed by atoms with Crippen molar-refractivity contribution < 1.29 is 14.0 Å². The van der Waals surface area contributed by atoms with Crippen LogP contribution in [0.1, 0.15) is 17.3 Å². The lowest BCUT2D eigenvalue weighted by Gasteiger charge is -2.08. The maximum absolute atomic E-state index is 13.9. The van der Waals surface area contributed by atoms with Crippen LogP contribution in [0.4, 0.5) is 10.1 Å². The molecule has 0 spiro atoms. The number of rotatable bonds is 6. The number of hydrogen-bond acceptors (Lipinski definition) is 5. The van der Waals surface area contributed by atoms with Gasteiger partial charge in [-0.05, 0) is 31.2 Å². The standard InChI is InChI=1S/C18H15FN4O2S/c1-12(24)13-5-4-6-14(9-13)21-17(25)10-26-18-22-20-11-23(18)16-8-3-2-7-15(16)19/h2-9,11H,10H2,1H3,(H,21,25). The molecule has 0 aliphatic carbocycles. The predicted molar refractivity (Wildman–Crippen MR) is 97.1 cm³/mol. The molecule has 0 radical (unpaired) electrons. The molecule has 0 unspecified atom stereocenters. The molecule has 1 amide bonds. The number of para-hydroxylation sites is 1. The molecule has 0 aliphatic rings. The first kappa shape index (κ1) is 17.8. The van der Waals surface area contributed by atoms with Gasteiger partial charge in [0.15, 0.2) is 10.9 Å². The Morgan fingerprint density at radius 2 is 2.00 bits per heavy atom. The predicted octanol–water partition coefficient (Wildman–Crippen LogP) is 3.34. The number of benzene rings is 2. The molecule has 0 saturated carbocycles. The first-order valence-corrected chi connectivity index (χ1v) is 8.72. The molecule has 1 N–H and O–H groups in total. The van der Waals surface area contributed by atoms with E-state index < -0.39 is 5.82 Å². The van der Waals surface area contributed by atoms with Gasteiger partial charge in [0.2, 0.25) is 5.91 Å². The van der Waals surface area contributed by atoms with Gasteiger partial charge in [-0.1, -0.05) is 36.0 Å². The molecule has 0 atom stereocenters.